The molecule has 1 atom stereocenters. The molecule has 0 aromatic rings. The van der Waals surface area contributed by atoms with Crippen molar-refractivity contribution >= 4 is 5.91 Å². The molecule has 0 aromatic carbocycles. The number of hydrogen-bond acceptors (Lipinski definition) is 2. The van der Waals surface area contributed by atoms with Crippen molar-refractivity contribution in [2.24, 2.45) is 5.41 Å². The van der Waals surface area contributed by atoms with Crippen molar-refractivity contribution in [2.45, 2.75) is 77.3 Å². The van der Waals surface area contributed by atoms with Gasteiger partial charge >= 0.3 is 0 Å². The molecule has 1 unspecified atom stereocenters. The van der Waals surface area contributed by atoms with Crippen LogP contribution < -0.4 is 10.6 Å². The van der Waals surface area contributed by atoms with Gasteiger partial charge in [0.1, 0.15) is 0 Å². The SMILES string of the molecule is CC(C)NC(=O)CCNC1CCC12CCCCC2. The fourth-order valence-corrected chi connectivity index (χ4v) is 3.62. The fourth-order valence-electron chi connectivity index (χ4n) is 3.62. The molecule has 2 rings (SSSR count). The van der Waals surface area contributed by atoms with Gasteiger partial charge in [0.25, 0.3) is 0 Å². The van der Waals surface area contributed by atoms with Crippen LogP contribution in [0.2, 0.25) is 0 Å². The summed E-state index contributed by atoms with van der Waals surface area (Å²) < 4.78 is 0. The summed E-state index contributed by atoms with van der Waals surface area (Å²) in [4.78, 5) is 11.6. The highest BCUT2D eigenvalue weighted by molar-refractivity contribution is 5.76. The van der Waals surface area contributed by atoms with Crippen molar-refractivity contribution in [1.82, 2.24) is 10.6 Å². The Morgan fingerprint density at radius 1 is 1.22 bits per heavy atom. The van der Waals surface area contributed by atoms with E-state index in [1.807, 2.05) is 13.8 Å². The molecule has 1 amide bonds. The zero-order valence-corrected chi connectivity index (χ0v) is 11.9. The molecule has 0 aromatic heterocycles. The summed E-state index contributed by atoms with van der Waals surface area (Å²) in [5.74, 6) is 0.175. The van der Waals surface area contributed by atoms with Gasteiger partial charge in [0.2, 0.25) is 5.91 Å². The zero-order chi connectivity index (χ0) is 13.0. The molecular weight excluding hydrogens is 224 g/mol. The highest BCUT2D eigenvalue weighted by Crippen LogP contribution is 2.51. The van der Waals surface area contributed by atoms with Gasteiger partial charge in [-0.2, -0.15) is 0 Å². The van der Waals surface area contributed by atoms with Crippen LogP contribution in [-0.2, 0) is 4.79 Å². The van der Waals surface area contributed by atoms with E-state index in [4.69, 9.17) is 0 Å². The third-order valence-corrected chi connectivity index (χ3v) is 4.71. The Morgan fingerprint density at radius 2 is 1.94 bits per heavy atom. The Labute approximate surface area is 111 Å². The normalized spacial score (nSPS) is 26.1. The summed E-state index contributed by atoms with van der Waals surface area (Å²) in [5, 5.41) is 6.57. The number of amides is 1. The third-order valence-electron chi connectivity index (χ3n) is 4.71. The third kappa shape index (κ3) is 3.25. The van der Waals surface area contributed by atoms with E-state index < -0.39 is 0 Å². The Bertz CT molecular complexity index is 282. The molecule has 1 spiro atoms. The standard InChI is InChI=1S/C15H28N2O/c1-12(2)17-14(18)7-11-16-13-6-10-15(13)8-4-3-5-9-15/h12-13,16H,3-11H2,1-2H3,(H,17,18). The second-order valence-corrected chi connectivity index (χ2v) is 6.44. The van der Waals surface area contributed by atoms with Crippen LogP contribution in [0.3, 0.4) is 0 Å². The highest BCUT2D eigenvalue weighted by Gasteiger charge is 2.46. The molecule has 2 saturated carbocycles. The van der Waals surface area contributed by atoms with Crippen molar-refractivity contribution in [1.29, 1.82) is 0 Å². The molecular formula is C15H28N2O. The Kier molecular flexibility index (Phi) is 4.66. The van der Waals surface area contributed by atoms with Gasteiger partial charge in [-0.1, -0.05) is 19.3 Å². The molecule has 2 aliphatic rings. The first kappa shape index (κ1) is 13.9. The minimum Gasteiger partial charge on any atom is -0.354 e. The van der Waals surface area contributed by atoms with Crippen LogP contribution in [0, 0.1) is 5.41 Å². The molecule has 3 heteroatoms. The predicted octanol–water partition coefficient (Wildman–Crippen LogP) is 2.60. The van der Waals surface area contributed by atoms with Crippen LogP contribution in [-0.4, -0.2) is 24.5 Å². The van der Waals surface area contributed by atoms with Crippen LogP contribution in [0.15, 0.2) is 0 Å². The smallest absolute Gasteiger partial charge is 0.221 e. The topological polar surface area (TPSA) is 41.1 Å². The monoisotopic (exact) mass is 252 g/mol. The molecule has 2 aliphatic carbocycles. The van der Waals surface area contributed by atoms with Crippen molar-refractivity contribution < 1.29 is 4.79 Å². The van der Waals surface area contributed by atoms with Gasteiger partial charge in [0.15, 0.2) is 0 Å². The Morgan fingerprint density at radius 3 is 2.50 bits per heavy atom. The summed E-state index contributed by atoms with van der Waals surface area (Å²) >= 11 is 0. The lowest BCUT2D eigenvalue weighted by molar-refractivity contribution is -0.121. The van der Waals surface area contributed by atoms with Crippen molar-refractivity contribution in [3.63, 3.8) is 0 Å². The molecule has 2 N–H and O–H groups in total. The molecule has 18 heavy (non-hydrogen) atoms. The average molecular weight is 252 g/mol. The molecule has 0 aliphatic heterocycles. The first-order chi connectivity index (χ1) is 8.62. The molecule has 3 nitrogen and oxygen atoms in total. The highest BCUT2D eigenvalue weighted by atomic mass is 16.1. The van der Waals surface area contributed by atoms with E-state index in [0.29, 0.717) is 17.9 Å². The average Bonchev–Trinajstić information content (AvgIpc) is 2.33. The summed E-state index contributed by atoms with van der Waals surface area (Å²) in [6, 6.07) is 0.940. The van der Waals surface area contributed by atoms with E-state index in [1.54, 1.807) is 0 Å². The number of hydrogen-bond donors (Lipinski definition) is 2. The first-order valence-electron chi connectivity index (χ1n) is 7.65. The van der Waals surface area contributed by atoms with Gasteiger partial charge in [0, 0.05) is 25.0 Å². The number of carbonyl (C=O) groups is 1. The van der Waals surface area contributed by atoms with Crippen molar-refractivity contribution in [2.75, 3.05) is 6.54 Å². The maximum absolute atomic E-state index is 11.6. The zero-order valence-electron chi connectivity index (χ0n) is 11.9. The Hall–Kier alpha value is -0.570. The van der Waals surface area contributed by atoms with E-state index in [0.717, 1.165) is 6.54 Å². The minimum atomic E-state index is 0.175. The van der Waals surface area contributed by atoms with Gasteiger partial charge in [-0.05, 0) is 44.9 Å². The van der Waals surface area contributed by atoms with E-state index in [9.17, 15) is 4.79 Å². The van der Waals surface area contributed by atoms with Gasteiger partial charge in [-0.25, -0.2) is 0 Å². The van der Waals surface area contributed by atoms with Crippen LogP contribution in [0.25, 0.3) is 0 Å². The van der Waals surface area contributed by atoms with E-state index in [2.05, 4.69) is 10.6 Å². The number of rotatable bonds is 5. The van der Waals surface area contributed by atoms with Crippen LogP contribution in [0.5, 0.6) is 0 Å². The van der Waals surface area contributed by atoms with E-state index in [1.165, 1.54) is 44.9 Å². The maximum Gasteiger partial charge on any atom is 0.221 e. The molecule has 0 radical (unpaired) electrons. The van der Waals surface area contributed by atoms with Gasteiger partial charge < -0.3 is 10.6 Å². The lowest BCUT2D eigenvalue weighted by atomic mass is 9.57. The first-order valence-corrected chi connectivity index (χ1v) is 7.65. The summed E-state index contributed by atoms with van der Waals surface area (Å²) in [6.45, 7) is 4.85. The quantitative estimate of drug-likeness (QED) is 0.789. The largest absolute Gasteiger partial charge is 0.354 e. The van der Waals surface area contributed by atoms with Crippen LogP contribution in [0.1, 0.15) is 65.2 Å². The maximum atomic E-state index is 11.6. The predicted molar refractivity (Wildman–Crippen MR) is 74.4 cm³/mol. The number of nitrogens with one attached hydrogen (secondary N) is 2. The summed E-state index contributed by atoms with van der Waals surface area (Å²) in [5.41, 5.74) is 0.604. The lowest BCUT2D eigenvalue weighted by Gasteiger charge is -2.52. The van der Waals surface area contributed by atoms with Crippen LogP contribution in [0.4, 0.5) is 0 Å². The fraction of sp³-hybridized carbons (Fsp3) is 0.933. The van der Waals surface area contributed by atoms with Gasteiger partial charge in [-0.15, -0.1) is 0 Å². The second kappa shape index (κ2) is 6.05. The second-order valence-electron chi connectivity index (χ2n) is 6.44. The Balaban J connectivity index is 1.66. The minimum absolute atomic E-state index is 0.175. The van der Waals surface area contributed by atoms with E-state index in [-0.39, 0.29) is 11.9 Å². The number of carbonyl (C=O) groups excluding carboxylic acids is 1. The molecule has 104 valence electrons. The molecule has 0 heterocycles. The van der Waals surface area contributed by atoms with Crippen LogP contribution >= 0.6 is 0 Å². The molecule has 2 fully saturated rings. The molecule has 0 bridgehead atoms. The molecule has 0 saturated heterocycles. The van der Waals surface area contributed by atoms with Gasteiger partial charge in [0.05, 0.1) is 0 Å². The van der Waals surface area contributed by atoms with Crippen molar-refractivity contribution in [3.8, 4) is 0 Å². The lowest BCUT2D eigenvalue weighted by Crippen LogP contribution is -2.54. The summed E-state index contributed by atoms with van der Waals surface area (Å²) in [6.07, 6.45) is 10.4. The summed E-state index contributed by atoms with van der Waals surface area (Å²) in [7, 11) is 0. The van der Waals surface area contributed by atoms with E-state index >= 15 is 0 Å². The van der Waals surface area contributed by atoms with Gasteiger partial charge in [-0.3, -0.25) is 4.79 Å². The van der Waals surface area contributed by atoms with Crippen molar-refractivity contribution in [3.05, 3.63) is 0 Å².